The summed E-state index contributed by atoms with van der Waals surface area (Å²) in [7, 11) is 1.55. The maximum absolute atomic E-state index is 13.0. The van der Waals surface area contributed by atoms with Crippen molar-refractivity contribution in [3.05, 3.63) is 59.7 Å². The summed E-state index contributed by atoms with van der Waals surface area (Å²) in [5.41, 5.74) is 2.72. The van der Waals surface area contributed by atoms with E-state index in [4.69, 9.17) is 0 Å². The van der Waals surface area contributed by atoms with Crippen LogP contribution in [0.4, 0.5) is 14.6 Å². The third-order valence-electron chi connectivity index (χ3n) is 5.65. The topological polar surface area (TPSA) is 83.3 Å². The van der Waals surface area contributed by atoms with E-state index in [1.54, 1.807) is 43.6 Å². The fourth-order valence-corrected chi connectivity index (χ4v) is 3.94. The molecule has 0 unspecified atom stereocenters. The molecule has 9 heteroatoms. The lowest BCUT2D eigenvalue weighted by atomic mass is 10.1. The fraction of sp³-hybridized carbons (Fsp3) is 0.348. The first-order chi connectivity index (χ1) is 15.3. The molecule has 32 heavy (non-hydrogen) atoms. The highest BCUT2D eigenvalue weighted by molar-refractivity contribution is 5.79. The van der Waals surface area contributed by atoms with E-state index in [-0.39, 0.29) is 23.5 Å². The van der Waals surface area contributed by atoms with Gasteiger partial charge in [0.05, 0.1) is 12.1 Å². The highest BCUT2D eigenvalue weighted by Crippen LogP contribution is 2.27. The van der Waals surface area contributed by atoms with Crippen molar-refractivity contribution in [3.63, 3.8) is 0 Å². The normalized spacial score (nSPS) is 16.0. The van der Waals surface area contributed by atoms with Crippen LogP contribution in [0, 0.1) is 6.92 Å². The SMILES string of the molecule is Cc1nc(N[C@H]2CCN(C(=O)Cc3ccc(O)cc3)C2)ccc1-c1cn(C)c(C(F)F)n1. The summed E-state index contributed by atoms with van der Waals surface area (Å²) in [6, 6.07) is 10.4. The van der Waals surface area contributed by atoms with Crippen LogP contribution in [0.1, 0.15) is 29.9 Å². The quantitative estimate of drug-likeness (QED) is 0.610. The molecule has 1 aliphatic heterocycles. The molecule has 7 nitrogen and oxygen atoms in total. The molecule has 0 spiro atoms. The van der Waals surface area contributed by atoms with Crippen LogP contribution in [-0.2, 0) is 18.3 Å². The number of carbonyl (C=O) groups excluding carboxylic acids is 1. The summed E-state index contributed by atoms with van der Waals surface area (Å²) in [5, 5.41) is 12.7. The number of carbonyl (C=O) groups is 1. The Kier molecular flexibility index (Phi) is 6.07. The minimum atomic E-state index is -2.63. The Hall–Kier alpha value is -3.49. The van der Waals surface area contributed by atoms with Crippen molar-refractivity contribution in [2.45, 2.75) is 32.2 Å². The third kappa shape index (κ3) is 4.71. The van der Waals surface area contributed by atoms with Crippen LogP contribution < -0.4 is 5.32 Å². The first-order valence-electron chi connectivity index (χ1n) is 10.4. The lowest BCUT2D eigenvalue weighted by Crippen LogP contribution is -2.32. The first-order valence-corrected chi connectivity index (χ1v) is 10.4. The van der Waals surface area contributed by atoms with Crippen molar-refractivity contribution in [1.82, 2.24) is 19.4 Å². The number of alkyl halides is 2. The van der Waals surface area contributed by atoms with E-state index in [2.05, 4.69) is 15.3 Å². The molecule has 168 valence electrons. The van der Waals surface area contributed by atoms with E-state index < -0.39 is 6.43 Å². The summed E-state index contributed by atoms with van der Waals surface area (Å²) in [6.45, 7) is 3.06. The average Bonchev–Trinajstić information content (AvgIpc) is 3.36. The minimum Gasteiger partial charge on any atom is -0.508 e. The van der Waals surface area contributed by atoms with Gasteiger partial charge in [0.1, 0.15) is 11.6 Å². The van der Waals surface area contributed by atoms with Crippen molar-refractivity contribution >= 4 is 11.7 Å². The van der Waals surface area contributed by atoms with Gasteiger partial charge in [-0.25, -0.2) is 18.7 Å². The molecular weight excluding hydrogens is 416 g/mol. The van der Waals surface area contributed by atoms with Crippen molar-refractivity contribution in [1.29, 1.82) is 0 Å². The lowest BCUT2D eigenvalue weighted by Gasteiger charge is -2.18. The number of nitrogens with zero attached hydrogens (tertiary/aromatic N) is 4. The van der Waals surface area contributed by atoms with Gasteiger partial charge in [-0.05, 0) is 43.2 Å². The molecule has 1 aliphatic rings. The van der Waals surface area contributed by atoms with Gasteiger partial charge in [0.2, 0.25) is 5.91 Å². The van der Waals surface area contributed by atoms with E-state index in [0.29, 0.717) is 42.3 Å². The number of anilines is 1. The molecule has 3 heterocycles. The monoisotopic (exact) mass is 441 g/mol. The molecule has 0 radical (unpaired) electrons. The molecule has 0 aliphatic carbocycles. The van der Waals surface area contributed by atoms with E-state index in [9.17, 15) is 18.7 Å². The Labute approximate surface area is 184 Å². The number of aromatic hydroxyl groups is 1. The maximum atomic E-state index is 13.0. The Bertz CT molecular complexity index is 1110. The molecule has 1 fully saturated rings. The number of nitrogens with one attached hydrogen (secondary N) is 1. The van der Waals surface area contributed by atoms with Gasteiger partial charge in [-0.1, -0.05) is 12.1 Å². The predicted octanol–water partition coefficient (Wildman–Crippen LogP) is 3.69. The van der Waals surface area contributed by atoms with Gasteiger partial charge < -0.3 is 19.9 Å². The molecule has 1 aromatic carbocycles. The Morgan fingerprint density at radius 2 is 1.97 bits per heavy atom. The Morgan fingerprint density at radius 3 is 2.62 bits per heavy atom. The fourth-order valence-electron chi connectivity index (χ4n) is 3.94. The third-order valence-corrected chi connectivity index (χ3v) is 5.65. The number of hydrogen-bond donors (Lipinski definition) is 2. The van der Waals surface area contributed by atoms with E-state index in [1.165, 1.54) is 4.57 Å². The number of likely N-dealkylation sites (tertiary alicyclic amines) is 1. The second kappa shape index (κ2) is 8.94. The number of aromatic nitrogens is 3. The second-order valence-corrected chi connectivity index (χ2v) is 8.04. The predicted molar refractivity (Wildman–Crippen MR) is 117 cm³/mol. The number of benzene rings is 1. The number of imidazole rings is 1. The van der Waals surface area contributed by atoms with Crippen LogP contribution in [0.5, 0.6) is 5.75 Å². The molecule has 2 N–H and O–H groups in total. The standard InChI is InChI=1S/C23H25F2N5O2/c1-14-18(19-13-29(2)23(28-19)22(24)25)7-8-20(26-14)27-16-9-10-30(12-16)21(32)11-15-3-5-17(31)6-4-15/h3-8,13,16,22,31H,9-12H2,1-2H3,(H,26,27)/t16-/m0/s1. The molecule has 3 aromatic rings. The van der Waals surface area contributed by atoms with Crippen LogP contribution >= 0.6 is 0 Å². The van der Waals surface area contributed by atoms with Crippen molar-refractivity contribution in [2.75, 3.05) is 18.4 Å². The number of hydrogen-bond acceptors (Lipinski definition) is 5. The van der Waals surface area contributed by atoms with E-state index >= 15 is 0 Å². The van der Waals surface area contributed by atoms with Crippen molar-refractivity contribution in [3.8, 4) is 17.0 Å². The molecular formula is C23H25F2N5O2. The summed E-state index contributed by atoms with van der Waals surface area (Å²) in [5.74, 6) is 0.626. The molecule has 2 aromatic heterocycles. The van der Waals surface area contributed by atoms with Crippen LogP contribution in [0.15, 0.2) is 42.6 Å². The van der Waals surface area contributed by atoms with Gasteiger partial charge in [-0.3, -0.25) is 4.79 Å². The van der Waals surface area contributed by atoms with Gasteiger partial charge in [-0.2, -0.15) is 0 Å². The number of phenols is 1. The molecule has 4 rings (SSSR count). The zero-order chi connectivity index (χ0) is 22.8. The number of rotatable bonds is 6. The minimum absolute atomic E-state index is 0.0458. The van der Waals surface area contributed by atoms with Crippen molar-refractivity contribution < 1.29 is 18.7 Å². The van der Waals surface area contributed by atoms with Crippen LogP contribution in [0.2, 0.25) is 0 Å². The van der Waals surface area contributed by atoms with Gasteiger partial charge in [0.15, 0.2) is 5.82 Å². The highest BCUT2D eigenvalue weighted by atomic mass is 19.3. The molecule has 1 atom stereocenters. The lowest BCUT2D eigenvalue weighted by molar-refractivity contribution is -0.129. The van der Waals surface area contributed by atoms with Gasteiger partial charge >= 0.3 is 0 Å². The van der Waals surface area contributed by atoms with Gasteiger partial charge in [-0.15, -0.1) is 0 Å². The summed E-state index contributed by atoms with van der Waals surface area (Å²) >= 11 is 0. The number of phenolic OH excluding ortho intramolecular Hbond substituents is 1. The Balaban J connectivity index is 1.37. The van der Waals surface area contributed by atoms with Crippen LogP contribution in [-0.4, -0.2) is 49.6 Å². The molecule has 0 saturated carbocycles. The average molecular weight is 441 g/mol. The van der Waals surface area contributed by atoms with E-state index in [0.717, 1.165) is 12.0 Å². The summed E-state index contributed by atoms with van der Waals surface area (Å²) < 4.78 is 27.4. The van der Waals surface area contributed by atoms with Gasteiger partial charge in [0, 0.05) is 43.6 Å². The number of halogens is 2. The Morgan fingerprint density at radius 1 is 1.22 bits per heavy atom. The number of pyridine rings is 1. The number of aryl methyl sites for hydroxylation is 2. The number of amides is 1. The van der Waals surface area contributed by atoms with Crippen LogP contribution in [0.3, 0.4) is 0 Å². The first kappa shape index (κ1) is 21.7. The van der Waals surface area contributed by atoms with E-state index in [1.807, 2.05) is 17.9 Å². The molecule has 0 bridgehead atoms. The summed E-state index contributed by atoms with van der Waals surface area (Å²) in [6.07, 6.45) is 0.0450. The maximum Gasteiger partial charge on any atom is 0.295 e. The zero-order valence-electron chi connectivity index (χ0n) is 17.9. The van der Waals surface area contributed by atoms with Gasteiger partial charge in [0.25, 0.3) is 6.43 Å². The second-order valence-electron chi connectivity index (χ2n) is 8.04. The largest absolute Gasteiger partial charge is 0.508 e. The molecule has 1 saturated heterocycles. The highest BCUT2D eigenvalue weighted by Gasteiger charge is 2.26. The smallest absolute Gasteiger partial charge is 0.295 e. The zero-order valence-corrected chi connectivity index (χ0v) is 17.9. The van der Waals surface area contributed by atoms with Crippen LogP contribution in [0.25, 0.3) is 11.3 Å². The summed E-state index contributed by atoms with van der Waals surface area (Å²) in [4.78, 5) is 23.0. The molecule has 1 amide bonds. The van der Waals surface area contributed by atoms with Crippen molar-refractivity contribution in [2.24, 2.45) is 7.05 Å².